The molecule has 2 aromatic rings. The molecule has 1 aliphatic heterocycles. The highest BCUT2D eigenvalue weighted by atomic mass is 35.5. The fourth-order valence-corrected chi connectivity index (χ4v) is 5.54. The van der Waals surface area contributed by atoms with Gasteiger partial charge in [0, 0.05) is 22.6 Å². The van der Waals surface area contributed by atoms with Gasteiger partial charge < -0.3 is 9.64 Å². The molecule has 0 aliphatic carbocycles. The Kier molecular flexibility index (Phi) is 6.76. The fraction of sp³-hybridized carbons (Fsp3) is 0.381. The van der Waals surface area contributed by atoms with E-state index in [1.165, 1.54) is 0 Å². The predicted molar refractivity (Wildman–Crippen MR) is 115 cm³/mol. The first kappa shape index (κ1) is 21.9. The lowest BCUT2D eigenvalue weighted by Gasteiger charge is -2.28. The van der Waals surface area contributed by atoms with Gasteiger partial charge in [0.2, 0.25) is 0 Å². The Morgan fingerprint density at radius 1 is 1.17 bits per heavy atom. The highest BCUT2D eigenvalue weighted by molar-refractivity contribution is 7.91. The number of nitrogens with zero attached hydrogens (tertiary/aromatic N) is 1. The minimum Gasteiger partial charge on any atom is -0.484 e. The SMILES string of the molecule is Cc1cc(OCC(=O)N(Cc2cccc(Cl)c2)[C@H]2CCS(=O)(=O)C2)cc(C)c1Cl. The van der Waals surface area contributed by atoms with Crippen LogP contribution in [0.3, 0.4) is 0 Å². The number of benzene rings is 2. The minimum atomic E-state index is -3.13. The molecule has 0 unspecified atom stereocenters. The van der Waals surface area contributed by atoms with Crippen LogP contribution in [-0.2, 0) is 21.2 Å². The van der Waals surface area contributed by atoms with Gasteiger partial charge >= 0.3 is 0 Å². The van der Waals surface area contributed by atoms with Crippen LogP contribution < -0.4 is 4.74 Å². The number of halogens is 2. The largest absolute Gasteiger partial charge is 0.484 e. The van der Waals surface area contributed by atoms with Crippen molar-refractivity contribution in [2.75, 3.05) is 18.1 Å². The smallest absolute Gasteiger partial charge is 0.261 e. The molecule has 1 heterocycles. The Morgan fingerprint density at radius 2 is 1.86 bits per heavy atom. The van der Waals surface area contributed by atoms with Crippen LogP contribution in [0.1, 0.15) is 23.1 Å². The van der Waals surface area contributed by atoms with Crippen molar-refractivity contribution in [1.82, 2.24) is 4.90 Å². The summed E-state index contributed by atoms with van der Waals surface area (Å²) in [5, 5.41) is 1.24. The summed E-state index contributed by atoms with van der Waals surface area (Å²) in [6.07, 6.45) is 0.424. The Hall–Kier alpha value is -1.76. The van der Waals surface area contributed by atoms with E-state index in [4.69, 9.17) is 27.9 Å². The zero-order chi connectivity index (χ0) is 21.2. The third kappa shape index (κ3) is 5.65. The minimum absolute atomic E-state index is 0.0293. The molecule has 0 bridgehead atoms. The van der Waals surface area contributed by atoms with Gasteiger partial charge in [0.1, 0.15) is 5.75 Å². The highest BCUT2D eigenvalue weighted by Gasteiger charge is 2.34. The van der Waals surface area contributed by atoms with E-state index in [1.54, 1.807) is 29.2 Å². The topological polar surface area (TPSA) is 63.7 Å². The van der Waals surface area contributed by atoms with Crippen LogP contribution in [0.15, 0.2) is 36.4 Å². The van der Waals surface area contributed by atoms with Crippen LogP contribution in [-0.4, -0.2) is 43.4 Å². The number of carbonyl (C=O) groups is 1. The summed E-state index contributed by atoms with van der Waals surface area (Å²) in [4.78, 5) is 14.6. The normalized spacial score (nSPS) is 17.9. The van der Waals surface area contributed by atoms with Crippen molar-refractivity contribution in [3.63, 3.8) is 0 Å². The number of ether oxygens (including phenoxy) is 1. The number of hydrogen-bond donors (Lipinski definition) is 0. The van der Waals surface area contributed by atoms with Gasteiger partial charge in [-0.3, -0.25) is 4.79 Å². The van der Waals surface area contributed by atoms with Crippen LogP contribution in [0.25, 0.3) is 0 Å². The summed E-state index contributed by atoms with van der Waals surface area (Å²) in [5.74, 6) is 0.350. The number of sulfone groups is 1. The molecule has 1 fully saturated rings. The first-order valence-electron chi connectivity index (χ1n) is 9.28. The molecule has 0 saturated carbocycles. The molecule has 8 heteroatoms. The van der Waals surface area contributed by atoms with Crippen LogP contribution in [0.4, 0.5) is 0 Å². The van der Waals surface area contributed by atoms with Gasteiger partial charge in [0.05, 0.1) is 11.5 Å². The van der Waals surface area contributed by atoms with Gasteiger partial charge in [-0.25, -0.2) is 8.42 Å². The Morgan fingerprint density at radius 3 is 2.45 bits per heavy atom. The average Bonchev–Trinajstić information content (AvgIpc) is 3.01. The van der Waals surface area contributed by atoms with E-state index in [1.807, 2.05) is 26.0 Å². The van der Waals surface area contributed by atoms with Crippen molar-refractivity contribution >= 4 is 38.9 Å². The van der Waals surface area contributed by atoms with Crippen LogP contribution in [0, 0.1) is 13.8 Å². The molecule has 0 N–H and O–H groups in total. The van der Waals surface area contributed by atoms with Crippen molar-refractivity contribution in [2.45, 2.75) is 32.9 Å². The molecule has 0 spiro atoms. The standard InChI is InChI=1S/C21H23Cl2NO4S/c1-14-8-19(9-15(2)21(14)23)28-12-20(25)24(18-6-7-29(26,27)13-18)11-16-4-3-5-17(22)10-16/h3-5,8-10,18H,6-7,11-13H2,1-2H3/t18-/m0/s1. The third-order valence-corrected chi connectivity index (χ3v) is 7.57. The molecule has 1 saturated heterocycles. The summed E-state index contributed by atoms with van der Waals surface area (Å²) in [5.41, 5.74) is 2.58. The molecule has 0 radical (unpaired) electrons. The molecule has 1 aliphatic rings. The summed E-state index contributed by atoms with van der Waals surface area (Å²) in [6.45, 7) is 3.84. The lowest BCUT2D eigenvalue weighted by molar-refractivity contribution is -0.136. The maximum absolute atomic E-state index is 13.0. The Labute approximate surface area is 181 Å². The molecule has 1 atom stereocenters. The van der Waals surface area contributed by atoms with E-state index < -0.39 is 9.84 Å². The van der Waals surface area contributed by atoms with Gasteiger partial charge in [0.15, 0.2) is 16.4 Å². The van der Waals surface area contributed by atoms with Gasteiger partial charge in [0.25, 0.3) is 5.91 Å². The molecule has 1 amide bonds. The maximum atomic E-state index is 13.0. The van der Waals surface area contributed by atoms with Crippen molar-refractivity contribution < 1.29 is 17.9 Å². The summed E-state index contributed by atoms with van der Waals surface area (Å²) in [7, 11) is -3.13. The van der Waals surface area contributed by atoms with Crippen molar-refractivity contribution in [3.8, 4) is 5.75 Å². The molecule has 2 aromatic carbocycles. The van der Waals surface area contributed by atoms with E-state index in [-0.39, 0.29) is 36.6 Å². The maximum Gasteiger partial charge on any atom is 0.261 e. The molecular formula is C21H23Cl2NO4S. The lowest BCUT2D eigenvalue weighted by atomic mass is 10.1. The van der Waals surface area contributed by atoms with Gasteiger partial charge in [-0.1, -0.05) is 35.3 Å². The molecular weight excluding hydrogens is 433 g/mol. The quantitative estimate of drug-likeness (QED) is 0.654. The second-order valence-corrected chi connectivity index (χ2v) is 10.4. The van der Waals surface area contributed by atoms with Gasteiger partial charge in [-0.05, 0) is 61.2 Å². The highest BCUT2D eigenvalue weighted by Crippen LogP contribution is 2.26. The third-order valence-electron chi connectivity index (χ3n) is 4.98. The lowest BCUT2D eigenvalue weighted by Crippen LogP contribution is -2.43. The van der Waals surface area contributed by atoms with Crippen molar-refractivity contribution in [2.24, 2.45) is 0 Å². The first-order chi connectivity index (χ1) is 13.6. The van der Waals surface area contributed by atoms with Crippen LogP contribution in [0.5, 0.6) is 5.75 Å². The van der Waals surface area contributed by atoms with Gasteiger partial charge in [-0.15, -0.1) is 0 Å². The molecule has 29 heavy (non-hydrogen) atoms. The molecule has 5 nitrogen and oxygen atoms in total. The van der Waals surface area contributed by atoms with Crippen molar-refractivity contribution in [1.29, 1.82) is 0 Å². The number of aryl methyl sites for hydroxylation is 2. The molecule has 156 valence electrons. The van der Waals surface area contributed by atoms with E-state index in [0.717, 1.165) is 16.7 Å². The van der Waals surface area contributed by atoms with E-state index in [2.05, 4.69) is 0 Å². The van der Waals surface area contributed by atoms with E-state index in [0.29, 0.717) is 22.2 Å². The second-order valence-electron chi connectivity index (χ2n) is 7.37. The summed E-state index contributed by atoms with van der Waals surface area (Å²) >= 11 is 12.2. The number of rotatable bonds is 6. The van der Waals surface area contributed by atoms with E-state index >= 15 is 0 Å². The molecule has 3 rings (SSSR count). The second kappa shape index (κ2) is 8.94. The number of carbonyl (C=O) groups excluding carboxylic acids is 1. The number of hydrogen-bond acceptors (Lipinski definition) is 4. The molecule has 0 aromatic heterocycles. The summed E-state index contributed by atoms with van der Waals surface area (Å²) < 4.78 is 29.6. The van der Waals surface area contributed by atoms with Crippen molar-refractivity contribution in [3.05, 3.63) is 63.1 Å². The van der Waals surface area contributed by atoms with Crippen LogP contribution >= 0.6 is 23.2 Å². The zero-order valence-electron chi connectivity index (χ0n) is 16.3. The van der Waals surface area contributed by atoms with Gasteiger partial charge in [-0.2, -0.15) is 0 Å². The zero-order valence-corrected chi connectivity index (χ0v) is 18.6. The summed E-state index contributed by atoms with van der Waals surface area (Å²) in [6, 6.07) is 10.4. The number of amides is 1. The predicted octanol–water partition coefficient (Wildman–Crippen LogP) is 4.20. The van der Waals surface area contributed by atoms with Crippen LogP contribution in [0.2, 0.25) is 10.0 Å². The Balaban J connectivity index is 1.77. The Bertz CT molecular complexity index is 1000. The first-order valence-corrected chi connectivity index (χ1v) is 11.9. The fourth-order valence-electron chi connectivity index (χ4n) is 3.49. The average molecular weight is 456 g/mol. The monoisotopic (exact) mass is 455 g/mol. The van der Waals surface area contributed by atoms with E-state index in [9.17, 15) is 13.2 Å².